The summed E-state index contributed by atoms with van der Waals surface area (Å²) in [5.74, 6) is -0.236. The number of nitrogens with zero attached hydrogens (tertiary/aromatic N) is 1. The molecule has 48 heavy (non-hydrogen) atoms. The van der Waals surface area contributed by atoms with Gasteiger partial charge in [-0.1, -0.05) is 90.7 Å². The van der Waals surface area contributed by atoms with Gasteiger partial charge in [0.2, 0.25) is 0 Å². The minimum absolute atomic E-state index is 0.00676. The summed E-state index contributed by atoms with van der Waals surface area (Å²) in [5, 5.41) is 62.6. The number of aliphatic hydroxyl groups is 5. The molecular weight excluding hydrogens is 654 g/mol. The summed E-state index contributed by atoms with van der Waals surface area (Å²) in [7, 11) is 0. The molecule has 0 unspecified atom stereocenters. The lowest BCUT2D eigenvalue weighted by Crippen LogP contribution is -2.55. The predicted molar refractivity (Wildman–Crippen MR) is 187 cm³/mol. The number of aromatic hydroxyl groups is 1. The van der Waals surface area contributed by atoms with Crippen molar-refractivity contribution in [2.45, 2.75) is 67.2 Å². The van der Waals surface area contributed by atoms with Crippen molar-refractivity contribution in [2.75, 3.05) is 11.5 Å². The van der Waals surface area contributed by atoms with Crippen LogP contribution in [-0.4, -0.2) is 71.2 Å². The largest absolute Gasteiger partial charge is 0.508 e. The first kappa shape index (κ1) is 34.5. The summed E-state index contributed by atoms with van der Waals surface area (Å²) in [4.78, 5) is 2.07. The molecule has 2 saturated heterocycles. The smallest absolute Gasteiger partial charge is 0.141 e. The van der Waals surface area contributed by atoms with Gasteiger partial charge in [-0.2, -0.15) is 0 Å². The Balaban J connectivity index is 1.22. The monoisotopic (exact) mass is 691 g/mol. The zero-order valence-corrected chi connectivity index (χ0v) is 27.6. The molecule has 0 radical (unpaired) electrons. The lowest BCUT2D eigenvalue weighted by Gasteiger charge is -2.40. The minimum Gasteiger partial charge on any atom is -0.508 e. The van der Waals surface area contributed by atoms with Gasteiger partial charge in [-0.15, -0.1) is 0 Å². The molecule has 0 amide bonds. The van der Waals surface area contributed by atoms with Crippen LogP contribution in [0.5, 0.6) is 5.75 Å². The third-order valence-corrected chi connectivity index (χ3v) is 10.8. The second-order valence-electron chi connectivity index (χ2n) is 12.2. The van der Waals surface area contributed by atoms with E-state index in [0.29, 0.717) is 28.3 Å². The van der Waals surface area contributed by atoms with Crippen LogP contribution in [-0.2, 0) is 4.74 Å². The summed E-state index contributed by atoms with van der Waals surface area (Å²) in [5.41, 5.74) is 4.43. The van der Waals surface area contributed by atoms with Crippen molar-refractivity contribution in [1.82, 2.24) is 0 Å². The van der Waals surface area contributed by atoms with Gasteiger partial charge >= 0.3 is 0 Å². The van der Waals surface area contributed by atoms with E-state index < -0.39 is 43.2 Å². The predicted octanol–water partition coefficient (Wildman–Crippen LogP) is 5.57. The Morgan fingerprint density at radius 1 is 0.854 bits per heavy atom. The number of anilines is 1. The zero-order valence-electron chi connectivity index (χ0n) is 25.9. The summed E-state index contributed by atoms with van der Waals surface area (Å²) in [6.45, 7) is -0.504. The van der Waals surface area contributed by atoms with E-state index in [2.05, 4.69) is 4.90 Å². The highest BCUT2D eigenvalue weighted by molar-refractivity contribution is 8.24. The maximum absolute atomic E-state index is 13.4. The summed E-state index contributed by atoms with van der Waals surface area (Å²) < 4.78 is 19.8. The van der Waals surface area contributed by atoms with Gasteiger partial charge in [-0.05, 0) is 71.8 Å². The fourth-order valence-corrected chi connectivity index (χ4v) is 8.38. The van der Waals surface area contributed by atoms with Crippen LogP contribution in [0.3, 0.4) is 0 Å². The van der Waals surface area contributed by atoms with Gasteiger partial charge in [0.05, 0.1) is 18.8 Å². The van der Waals surface area contributed by atoms with E-state index in [4.69, 9.17) is 17.0 Å². The van der Waals surface area contributed by atoms with Crippen LogP contribution >= 0.6 is 24.0 Å². The molecule has 0 spiro atoms. The third kappa shape index (κ3) is 7.15. The molecule has 0 aromatic heterocycles. The molecule has 2 fully saturated rings. The Morgan fingerprint density at radius 3 is 2.21 bits per heavy atom. The Bertz CT molecular complexity index is 1690. The average molecular weight is 692 g/mol. The van der Waals surface area contributed by atoms with Crippen molar-refractivity contribution in [3.05, 3.63) is 120 Å². The Kier molecular flexibility index (Phi) is 10.8. The fourth-order valence-electron chi connectivity index (χ4n) is 6.52. The lowest BCUT2D eigenvalue weighted by atomic mass is 9.90. The molecule has 0 saturated carbocycles. The first-order valence-corrected chi connectivity index (χ1v) is 17.2. The van der Waals surface area contributed by atoms with Gasteiger partial charge in [-0.3, -0.25) is 0 Å². The normalized spacial score (nSPS) is 26.5. The highest BCUT2D eigenvalue weighted by atomic mass is 32.2. The number of phenols is 1. The van der Waals surface area contributed by atoms with E-state index in [1.807, 2.05) is 54.6 Å². The van der Waals surface area contributed by atoms with Crippen molar-refractivity contribution < 1.29 is 39.8 Å². The number of ether oxygens (including phenoxy) is 1. The van der Waals surface area contributed by atoms with Gasteiger partial charge in [0.1, 0.15) is 46.4 Å². The quantitative estimate of drug-likeness (QED) is 0.117. The molecule has 0 aliphatic carbocycles. The van der Waals surface area contributed by atoms with Gasteiger partial charge in [0.25, 0.3) is 0 Å². The van der Waals surface area contributed by atoms with E-state index in [0.717, 1.165) is 28.8 Å². The highest BCUT2D eigenvalue weighted by Gasteiger charge is 2.44. The van der Waals surface area contributed by atoms with Crippen LogP contribution in [0.2, 0.25) is 0 Å². The average Bonchev–Trinajstić information content (AvgIpc) is 3.43. The van der Waals surface area contributed by atoms with Crippen molar-refractivity contribution in [1.29, 1.82) is 0 Å². The number of para-hydroxylation sites is 1. The summed E-state index contributed by atoms with van der Waals surface area (Å²) >= 11 is 7.45. The topological polar surface area (TPSA) is 134 Å². The zero-order chi connectivity index (χ0) is 33.9. The van der Waals surface area contributed by atoms with Gasteiger partial charge in [0, 0.05) is 16.5 Å². The lowest BCUT2D eigenvalue weighted by molar-refractivity contribution is -0.231. The molecule has 6 N–H and O–H groups in total. The maximum atomic E-state index is 13.4. The summed E-state index contributed by atoms with van der Waals surface area (Å²) in [6, 6.07) is 28.1. The standard InChI is InChI=1S/C37H38FNO7S2/c38-25-16-13-22(14-17-25)28(41)7-4-8-31-32(39(37(47)48-31)26-5-2-1-3-6-26)27-18-15-24(19-29(27)42)21-9-11-23(12-10-21)36-35(45)34(44)33(43)30(20-40)46-36/h1-3,5-6,9-19,28,30-36,40-45H,4,7-8,20H2/t28-,30-,31-,32-,33-,34+,35-,36+/m1/s1. The van der Waals surface area contributed by atoms with E-state index in [9.17, 15) is 35.0 Å². The third-order valence-electron chi connectivity index (χ3n) is 9.15. The van der Waals surface area contributed by atoms with E-state index >= 15 is 0 Å². The van der Waals surface area contributed by atoms with Crippen LogP contribution in [0.1, 0.15) is 54.2 Å². The molecule has 11 heteroatoms. The molecule has 0 bridgehead atoms. The van der Waals surface area contributed by atoms with Gasteiger partial charge < -0.3 is 40.3 Å². The number of benzene rings is 4. The SMILES string of the molecule is OC[C@H]1O[C@@H](c2ccc(-c3ccc([C@@H]4[C@@H](CCC[C@@H](O)c5ccc(F)cc5)SC(=S)N4c4ccccc4)c(O)c3)cc2)[C@H](O)[C@@H](O)[C@@H]1O. The Morgan fingerprint density at radius 2 is 1.54 bits per heavy atom. The molecular formula is C37H38FNO7S2. The molecule has 4 aromatic rings. The van der Waals surface area contributed by atoms with Crippen molar-refractivity contribution in [3.63, 3.8) is 0 Å². The minimum atomic E-state index is -1.47. The van der Waals surface area contributed by atoms with Gasteiger partial charge in [-0.25, -0.2) is 4.39 Å². The fraction of sp³-hybridized carbons (Fsp3) is 0.324. The molecule has 8 atom stereocenters. The van der Waals surface area contributed by atoms with E-state index in [1.54, 1.807) is 42.1 Å². The number of hydrogen-bond donors (Lipinski definition) is 6. The number of rotatable bonds is 10. The van der Waals surface area contributed by atoms with Crippen LogP contribution in [0.25, 0.3) is 11.1 Å². The number of thiocarbonyl (C=S) groups is 1. The molecule has 2 heterocycles. The van der Waals surface area contributed by atoms with Crippen molar-refractivity contribution in [3.8, 4) is 16.9 Å². The first-order valence-electron chi connectivity index (χ1n) is 15.9. The van der Waals surface area contributed by atoms with Crippen LogP contribution in [0.4, 0.5) is 10.1 Å². The van der Waals surface area contributed by atoms with Crippen molar-refractivity contribution in [2.24, 2.45) is 0 Å². The Labute approximate surface area is 288 Å². The highest BCUT2D eigenvalue weighted by Crippen LogP contribution is 2.49. The number of hydrogen-bond acceptors (Lipinski definition) is 9. The van der Waals surface area contributed by atoms with Crippen molar-refractivity contribution >= 4 is 34.0 Å². The molecule has 252 valence electrons. The number of phenolic OH excluding ortho intramolecular Hbond substituents is 1. The van der Waals surface area contributed by atoms with Gasteiger partial charge in [0.15, 0.2) is 0 Å². The second kappa shape index (κ2) is 15.0. The molecule has 8 nitrogen and oxygen atoms in total. The number of aliphatic hydroxyl groups excluding tert-OH is 5. The summed E-state index contributed by atoms with van der Waals surface area (Å²) in [6.07, 6.45) is -5.02. The van der Waals surface area contributed by atoms with Crippen LogP contribution in [0, 0.1) is 5.82 Å². The van der Waals surface area contributed by atoms with Crippen LogP contribution in [0.15, 0.2) is 97.1 Å². The molecule has 2 aliphatic heterocycles. The molecule has 6 rings (SSSR count). The second-order valence-corrected chi connectivity index (χ2v) is 14.1. The first-order chi connectivity index (χ1) is 23.2. The van der Waals surface area contributed by atoms with Crippen LogP contribution < -0.4 is 4.90 Å². The molecule has 2 aliphatic rings. The maximum Gasteiger partial charge on any atom is 0.141 e. The number of thioether (sulfide) groups is 1. The number of halogens is 1. The molecule has 4 aromatic carbocycles. The Hall–Kier alpha value is -3.39. The van der Waals surface area contributed by atoms with E-state index in [1.165, 1.54) is 12.1 Å². The van der Waals surface area contributed by atoms with E-state index in [-0.39, 0.29) is 22.9 Å².